The van der Waals surface area contributed by atoms with E-state index in [9.17, 15) is 15.3 Å². The zero-order valence-corrected chi connectivity index (χ0v) is 18.0. The number of aliphatic hydroxyl groups is 3. The minimum Gasteiger partial charge on any atom is -0.467 e. The molecule has 12 N–H and O–H groups in total. The summed E-state index contributed by atoms with van der Waals surface area (Å²) in [6.45, 7) is 1.68. The van der Waals surface area contributed by atoms with Crippen LogP contribution in [0.1, 0.15) is 19.8 Å². The number of nitrogens with one attached hydrogen (secondary N) is 1. The molecular formula is C19H37N5O7. The fraction of sp³-hybridized carbons (Fsp3) is 0.895. The van der Waals surface area contributed by atoms with Gasteiger partial charge in [-0.15, -0.1) is 0 Å². The first-order valence-electron chi connectivity index (χ1n) is 10.6. The molecule has 12 heteroatoms. The van der Waals surface area contributed by atoms with E-state index in [0.29, 0.717) is 18.6 Å². The van der Waals surface area contributed by atoms with Crippen molar-refractivity contribution in [3.05, 3.63) is 11.8 Å². The molecule has 3 aliphatic rings. The predicted octanol–water partition coefficient (Wildman–Crippen LogP) is -3.85. The van der Waals surface area contributed by atoms with Crippen LogP contribution in [0.4, 0.5) is 0 Å². The van der Waals surface area contributed by atoms with Crippen LogP contribution in [0.15, 0.2) is 11.8 Å². The van der Waals surface area contributed by atoms with Gasteiger partial charge >= 0.3 is 0 Å². The minimum atomic E-state index is -1.29. The largest absolute Gasteiger partial charge is 0.467 e. The van der Waals surface area contributed by atoms with Gasteiger partial charge in [0.25, 0.3) is 0 Å². The minimum absolute atomic E-state index is 0.0727. The highest BCUT2D eigenvalue weighted by atomic mass is 16.7. The zero-order chi connectivity index (χ0) is 22.9. The van der Waals surface area contributed by atoms with Crippen molar-refractivity contribution in [3.63, 3.8) is 0 Å². The van der Waals surface area contributed by atoms with Crippen molar-refractivity contribution in [1.29, 1.82) is 0 Å². The molecule has 11 atom stereocenters. The quantitative estimate of drug-likeness (QED) is 0.196. The van der Waals surface area contributed by atoms with Crippen LogP contribution < -0.4 is 28.3 Å². The van der Waals surface area contributed by atoms with Crippen molar-refractivity contribution in [2.24, 2.45) is 22.9 Å². The van der Waals surface area contributed by atoms with Crippen LogP contribution in [0.3, 0.4) is 0 Å². The molecule has 1 aliphatic carbocycles. The van der Waals surface area contributed by atoms with Crippen molar-refractivity contribution < 1.29 is 34.3 Å². The Kier molecular flexibility index (Phi) is 7.92. The van der Waals surface area contributed by atoms with Gasteiger partial charge in [-0.2, -0.15) is 0 Å². The molecule has 1 saturated carbocycles. The zero-order valence-electron chi connectivity index (χ0n) is 18.0. The normalized spacial score (nSPS) is 48.7. The second-order valence-electron chi connectivity index (χ2n) is 8.81. The first-order valence-corrected chi connectivity index (χ1v) is 10.6. The Morgan fingerprint density at radius 1 is 1.10 bits per heavy atom. The van der Waals surface area contributed by atoms with E-state index in [0.717, 1.165) is 0 Å². The van der Waals surface area contributed by atoms with E-state index in [2.05, 4.69) is 5.32 Å². The van der Waals surface area contributed by atoms with Gasteiger partial charge in [-0.05, 0) is 32.9 Å². The summed E-state index contributed by atoms with van der Waals surface area (Å²) >= 11 is 0. The maximum Gasteiger partial charge on any atom is 0.215 e. The summed E-state index contributed by atoms with van der Waals surface area (Å²) in [5.41, 5.74) is 22.9. The number of likely N-dealkylation sites (N-methyl/N-ethyl adjacent to an activating group) is 1. The van der Waals surface area contributed by atoms with Gasteiger partial charge in [-0.25, -0.2) is 0 Å². The van der Waals surface area contributed by atoms with Gasteiger partial charge < -0.3 is 62.5 Å². The third kappa shape index (κ3) is 5.20. The Hall–Kier alpha value is -0.900. The highest BCUT2D eigenvalue weighted by Gasteiger charge is 2.50. The lowest BCUT2D eigenvalue weighted by molar-refractivity contribution is -0.303. The van der Waals surface area contributed by atoms with E-state index >= 15 is 0 Å². The average molecular weight is 448 g/mol. The summed E-state index contributed by atoms with van der Waals surface area (Å²) in [7, 11) is 1.62. The number of ether oxygens (including phenoxy) is 4. The van der Waals surface area contributed by atoms with E-state index in [1.54, 1.807) is 20.0 Å². The van der Waals surface area contributed by atoms with Gasteiger partial charge in [-0.1, -0.05) is 0 Å². The molecule has 0 spiro atoms. The van der Waals surface area contributed by atoms with Gasteiger partial charge in [0.2, 0.25) is 6.29 Å². The van der Waals surface area contributed by atoms with Crippen LogP contribution in [-0.4, -0.2) is 102 Å². The lowest BCUT2D eigenvalue weighted by atomic mass is 9.84. The molecule has 3 rings (SSSR count). The fourth-order valence-electron chi connectivity index (χ4n) is 4.44. The molecule has 1 saturated heterocycles. The van der Waals surface area contributed by atoms with Gasteiger partial charge in [0.15, 0.2) is 6.29 Å². The lowest BCUT2D eigenvalue weighted by Crippen LogP contribution is -2.68. The molecular weight excluding hydrogens is 410 g/mol. The molecule has 0 unspecified atom stereocenters. The molecule has 31 heavy (non-hydrogen) atoms. The summed E-state index contributed by atoms with van der Waals surface area (Å²) in [6.07, 6.45) is -3.56. The number of nitrogens with two attached hydrogens (primary N) is 4. The SMILES string of the molecule is CN[C@@H]1[C@H](O)[C@@H](O[C@@H]2[C@@H](O)[C@H](O[C@H]3OC(CN)=CC[C@H]3N)[C@@H](N)C[C@H]2N)OC[C@]1(C)O. The Balaban J connectivity index is 1.69. The number of hydrogen-bond donors (Lipinski definition) is 8. The van der Waals surface area contributed by atoms with E-state index in [-0.39, 0.29) is 13.2 Å². The molecule has 0 bridgehead atoms. The molecule has 0 amide bonds. The van der Waals surface area contributed by atoms with Crippen LogP contribution >= 0.6 is 0 Å². The van der Waals surface area contributed by atoms with Crippen LogP contribution in [0.25, 0.3) is 0 Å². The van der Waals surface area contributed by atoms with Crippen molar-refractivity contribution in [3.8, 4) is 0 Å². The first-order chi connectivity index (χ1) is 14.6. The molecule has 2 fully saturated rings. The number of aliphatic hydroxyl groups excluding tert-OH is 2. The average Bonchev–Trinajstić information content (AvgIpc) is 2.71. The summed E-state index contributed by atoms with van der Waals surface area (Å²) in [4.78, 5) is 0. The maximum atomic E-state index is 11.0. The Labute approximate surface area is 181 Å². The number of hydrogen-bond acceptors (Lipinski definition) is 12. The third-order valence-electron chi connectivity index (χ3n) is 6.22. The maximum absolute atomic E-state index is 11.0. The molecule has 12 nitrogen and oxygen atoms in total. The van der Waals surface area contributed by atoms with Gasteiger partial charge in [0.05, 0.1) is 25.2 Å². The van der Waals surface area contributed by atoms with E-state index < -0.39 is 66.8 Å². The summed E-state index contributed by atoms with van der Waals surface area (Å²) in [6, 6.07) is -2.37. The summed E-state index contributed by atoms with van der Waals surface area (Å²) < 4.78 is 23.1. The summed E-state index contributed by atoms with van der Waals surface area (Å²) in [5, 5.41) is 34.9. The highest BCUT2D eigenvalue weighted by molar-refractivity contribution is 5.04. The molecule has 0 aromatic carbocycles. The van der Waals surface area contributed by atoms with Crippen molar-refractivity contribution in [2.75, 3.05) is 20.2 Å². The van der Waals surface area contributed by atoms with Crippen molar-refractivity contribution in [1.82, 2.24) is 5.32 Å². The van der Waals surface area contributed by atoms with Crippen molar-refractivity contribution in [2.45, 2.75) is 86.5 Å². The summed E-state index contributed by atoms with van der Waals surface area (Å²) in [5.74, 6) is 0.555. The third-order valence-corrected chi connectivity index (χ3v) is 6.22. The monoisotopic (exact) mass is 447 g/mol. The second kappa shape index (κ2) is 9.93. The molecule has 0 aromatic heterocycles. The molecule has 2 heterocycles. The Morgan fingerprint density at radius 2 is 1.71 bits per heavy atom. The van der Waals surface area contributed by atoms with Gasteiger partial charge in [-0.3, -0.25) is 0 Å². The van der Waals surface area contributed by atoms with Crippen LogP contribution in [0.5, 0.6) is 0 Å². The molecule has 2 aliphatic heterocycles. The highest BCUT2D eigenvalue weighted by Crippen LogP contribution is 2.31. The standard InChI is InChI=1S/C19H37N5O7/c1-19(27)7-28-18(13(26)16(19)24-2)31-15-11(23)5-10(22)14(12(15)25)30-17-9(21)4-3-8(6-20)29-17/h3,9-18,24-27H,4-7,20-23H2,1-2H3/t9-,10+,11-,12+,13+,14-,15+,16-,17-,18-,19+/m1/s1. The molecule has 180 valence electrons. The first kappa shape index (κ1) is 24.7. The lowest BCUT2D eigenvalue weighted by Gasteiger charge is -2.48. The van der Waals surface area contributed by atoms with Crippen LogP contribution in [0, 0.1) is 0 Å². The Morgan fingerprint density at radius 3 is 2.29 bits per heavy atom. The smallest absolute Gasteiger partial charge is 0.215 e. The van der Waals surface area contributed by atoms with Crippen LogP contribution in [-0.2, 0) is 18.9 Å². The fourth-order valence-corrected chi connectivity index (χ4v) is 4.44. The van der Waals surface area contributed by atoms with Gasteiger partial charge in [0, 0.05) is 12.1 Å². The van der Waals surface area contributed by atoms with E-state index in [1.807, 2.05) is 0 Å². The number of rotatable bonds is 6. The predicted molar refractivity (Wildman–Crippen MR) is 110 cm³/mol. The van der Waals surface area contributed by atoms with Gasteiger partial charge in [0.1, 0.15) is 35.8 Å². The second-order valence-corrected chi connectivity index (χ2v) is 8.81. The Bertz CT molecular complexity index is 639. The topological polar surface area (TPSA) is 214 Å². The van der Waals surface area contributed by atoms with E-state index in [4.69, 9.17) is 41.9 Å². The van der Waals surface area contributed by atoms with Crippen LogP contribution in [0.2, 0.25) is 0 Å². The van der Waals surface area contributed by atoms with Crippen molar-refractivity contribution >= 4 is 0 Å². The molecule has 0 aromatic rings. The molecule has 0 radical (unpaired) electrons. The van der Waals surface area contributed by atoms with E-state index in [1.165, 1.54) is 0 Å².